The lowest BCUT2D eigenvalue weighted by Crippen LogP contribution is -2.52. The summed E-state index contributed by atoms with van der Waals surface area (Å²) in [6, 6.07) is 5.63. The fourth-order valence-corrected chi connectivity index (χ4v) is 4.16. The smallest absolute Gasteiger partial charge is 0.243 e. The van der Waals surface area contributed by atoms with E-state index in [1.165, 1.54) is 11.2 Å². The molecule has 0 saturated carbocycles. The topological polar surface area (TPSA) is 78.0 Å². The van der Waals surface area contributed by atoms with E-state index < -0.39 is 10.0 Å². The quantitative estimate of drug-likeness (QED) is 0.763. The molecule has 0 bridgehead atoms. The molecule has 7 nitrogen and oxygen atoms in total. The highest BCUT2D eigenvalue weighted by molar-refractivity contribution is 7.92. The number of piperazine rings is 1. The molecule has 144 valence electrons. The molecule has 0 atom stereocenters. The Morgan fingerprint density at radius 1 is 1.12 bits per heavy atom. The molecule has 1 fully saturated rings. The van der Waals surface area contributed by atoms with Gasteiger partial charge in [0.15, 0.2) is 0 Å². The van der Waals surface area contributed by atoms with Gasteiger partial charge in [-0.15, -0.1) is 0 Å². The van der Waals surface area contributed by atoms with E-state index in [4.69, 9.17) is 0 Å². The summed E-state index contributed by atoms with van der Waals surface area (Å²) in [6.45, 7) is 6.89. The van der Waals surface area contributed by atoms with Gasteiger partial charge in [-0.05, 0) is 24.5 Å². The standard InChI is InChI=1S/C18H27N3O4S/c1-5-16-8-6-7-14(2)18(16)21(26(4,24)25)13-17(23)20-11-9-19(10-12-20)15(3)22/h6-8H,5,9-13H2,1-4H3. The molecule has 0 aromatic heterocycles. The van der Waals surface area contributed by atoms with Gasteiger partial charge in [0, 0.05) is 33.1 Å². The van der Waals surface area contributed by atoms with Crippen molar-refractivity contribution in [2.75, 3.05) is 43.3 Å². The van der Waals surface area contributed by atoms with Gasteiger partial charge in [-0.2, -0.15) is 0 Å². The highest BCUT2D eigenvalue weighted by atomic mass is 32.2. The van der Waals surface area contributed by atoms with Crippen molar-refractivity contribution in [3.63, 3.8) is 0 Å². The van der Waals surface area contributed by atoms with Crippen LogP contribution >= 0.6 is 0 Å². The zero-order valence-electron chi connectivity index (χ0n) is 15.9. The molecule has 1 aliphatic heterocycles. The van der Waals surface area contributed by atoms with Crippen molar-refractivity contribution < 1.29 is 18.0 Å². The summed E-state index contributed by atoms with van der Waals surface area (Å²) < 4.78 is 26.0. The van der Waals surface area contributed by atoms with Gasteiger partial charge in [-0.3, -0.25) is 13.9 Å². The third kappa shape index (κ3) is 4.55. The van der Waals surface area contributed by atoms with E-state index in [1.54, 1.807) is 9.80 Å². The first-order valence-electron chi connectivity index (χ1n) is 8.74. The lowest BCUT2D eigenvalue weighted by atomic mass is 10.1. The van der Waals surface area contributed by atoms with Gasteiger partial charge in [0.25, 0.3) is 0 Å². The lowest BCUT2D eigenvalue weighted by molar-refractivity contribution is -0.137. The van der Waals surface area contributed by atoms with E-state index >= 15 is 0 Å². The van der Waals surface area contributed by atoms with Gasteiger partial charge in [-0.1, -0.05) is 25.1 Å². The number of carbonyl (C=O) groups excluding carboxylic acids is 2. The van der Waals surface area contributed by atoms with Gasteiger partial charge in [0.1, 0.15) is 6.54 Å². The largest absolute Gasteiger partial charge is 0.339 e. The van der Waals surface area contributed by atoms with Crippen molar-refractivity contribution in [3.05, 3.63) is 29.3 Å². The van der Waals surface area contributed by atoms with Gasteiger partial charge in [0.2, 0.25) is 21.8 Å². The number of carbonyl (C=O) groups is 2. The third-order valence-electron chi connectivity index (χ3n) is 4.71. The van der Waals surface area contributed by atoms with Crippen molar-refractivity contribution in [3.8, 4) is 0 Å². The molecular weight excluding hydrogens is 354 g/mol. The molecule has 1 aliphatic rings. The minimum absolute atomic E-state index is 0.0117. The Morgan fingerprint density at radius 2 is 1.69 bits per heavy atom. The number of aryl methyl sites for hydroxylation is 2. The maximum atomic E-state index is 12.7. The average molecular weight is 381 g/mol. The summed E-state index contributed by atoms with van der Waals surface area (Å²) in [5, 5.41) is 0. The van der Waals surface area contributed by atoms with Crippen LogP contribution in [0.5, 0.6) is 0 Å². The van der Waals surface area contributed by atoms with E-state index in [-0.39, 0.29) is 18.4 Å². The fraction of sp³-hybridized carbons (Fsp3) is 0.556. The zero-order valence-corrected chi connectivity index (χ0v) is 16.7. The summed E-state index contributed by atoms with van der Waals surface area (Å²) in [5.41, 5.74) is 2.31. The molecule has 1 saturated heterocycles. The molecular formula is C18H27N3O4S. The van der Waals surface area contributed by atoms with Crippen LogP contribution in [0.15, 0.2) is 18.2 Å². The highest BCUT2D eigenvalue weighted by Gasteiger charge is 2.28. The maximum Gasteiger partial charge on any atom is 0.243 e. The number of rotatable bonds is 5. The Labute approximate surface area is 155 Å². The van der Waals surface area contributed by atoms with Gasteiger partial charge in [0.05, 0.1) is 11.9 Å². The van der Waals surface area contributed by atoms with Gasteiger partial charge >= 0.3 is 0 Å². The first-order chi connectivity index (χ1) is 12.1. The molecule has 1 aromatic rings. The predicted molar refractivity (Wildman–Crippen MR) is 102 cm³/mol. The molecule has 8 heteroatoms. The Balaban J connectivity index is 2.23. The SMILES string of the molecule is CCc1cccc(C)c1N(CC(=O)N1CCN(C(C)=O)CC1)S(C)(=O)=O. The lowest BCUT2D eigenvalue weighted by Gasteiger charge is -2.35. The summed E-state index contributed by atoms with van der Waals surface area (Å²) in [7, 11) is -3.61. The Bertz CT molecular complexity index is 784. The number of anilines is 1. The number of sulfonamides is 1. The number of hydrogen-bond acceptors (Lipinski definition) is 4. The van der Waals surface area contributed by atoms with Gasteiger partial charge < -0.3 is 9.80 Å². The normalized spacial score (nSPS) is 15.1. The fourth-order valence-electron chi connectivity index (χ4n) is 3.22. The van der Waals surface area contributed by atoms with Crippen LogP contribution < -0.4 is 4.31 Å². The first-order valence-corrected chi connectivity index (χ1v) is 10.6. The number of para-hydroxylation sites is 1. The minimum Gasteiger partial charge on any atom is -0.339 e. The van der Waals surface area contributed by atoms with Crippen LogP contribution in [-0.4, -0.2) is 69.0 Å². The van der Waals surface area contributed by atoms with Gasteiger partial charge in [-0.25, -0.2) is 8.42 Å². The van der Waals surface area contributed by atoms with E-state index in [1.807, 2.05) is 32.0 Å². The van der Waals surface area contributed by atoms with Crippen LogP contribution in [0.1, 0.15) is 25.0 Å². The van der Waals surface area contributed by atoms with E-state index in [0.717, 1.165) is 17.4 Å². The first kappa shape index (κ1) is 20.2. The predicted octanol–water partition coefficient (Wildman–Crippen LogP) is 1.01. The van der Waals surface area contributed by atoms with Crippen LogP contribution in [0.2, 0.25) is 0 Å². The van der Waals surface area contributed by atoms with Crippen molar-refractivity contribution in [1.82, 2.24) is 9.80 Å². The van der Waals surface area contributed by atoms with Crippen LogP contribution in [0.3, 0.4) is 0 Å². The maximum absolute atomic E-state index is 12.7. The molecule has 2 rings (SSSR count). The zero-order chi connectivity index (χ0) is 19.5. The molecule has 0 aliphatic carbocycles. The second kappa shape index (κ2) is 8.07. The summed E-state index contributed by atoms with van der Waals surface area (Å²) in [5.74, 6) is -0.258. The van der Waals surface area contributed by atoms with E-state index in [9.17, 15) is 18.0 Å². The van der Waals surface area contributed by atoms with Crippen LogP contribution in [0.4, 0.5) is 5.69 Å². The third-order valence-corrected chi connectivity index (χ3v) is 5.82. The molecule has 1 aromatic carbocycles. The highest BCUT2D eigenvalue weighted by Crippen LogP contribution is 2.28. The second-order valence-corrected chi connectivity index (χ2v) is 8.50. The van der Waals surface area contributed by atoms with Crippen LogP contribution in [0.25, 0.3) is 0 Å². The van der Waals surface area contributed by atoms with Crippen LogP contribution in [0, 0.1) is 6.92 Å². The molecule has 0 spiro atoms. The van der Waals surface area contributed by atoms with Crippen molar-refractivity contribution >= 4 is 27.5 Å². The number of hydrogen-bond donors (Lipinski definition) is 0. The van der Waals surface area contributed by atoms with Crippen molar-refractivity contribution in [1.29, 1.82) is 0 Å². The second-order valence-electron chi connectivity index (χ2n) is 6.59. The average Bonchev–Trinajstić information content (AvgIpc) is 2.58. The van der Waals surface area contributed by atoms with E-state index in [2.05, 4.69) is 0 Å². The van der Waals surface area contributed by atoms with E-state index in [0.29, 0.717) is 38.3 Å². The summed E-state index contributed by atoms with van der Waals surface area (Å²) in [4.78, 5) is 27.5. The van der Waals surface area contributed by atoms with Crippen molar-refractivity contribution in [2.45, 2.75) is 27.2 Å². The summed E-state index contributed by atoms with van der Waals surface area (Å²) >= 11 is 0. The monoisotopic (exact) mass is 381 g/mol. The molecule has 0 radical (unpaired) electrons. The number of nitrogens with zero attached hydrogens (tertiary/aromatic N) is 3. The Hall–Kier alpha value is -2.09. The summed E-state index contributed by atoms with van der Waals surface area (Å²) in [6.07, 6.45) is 1.80. The van der Waals surface area contributed by atoms with Crippen molar-refractivity contribution in [2.24, 2.45) is 0 Å². The molecule has 0 N–H and O–H groups in total. The molecule has 26 heavy (non-hydrogen) atoms. The molecule has 2 amide bonds. The minimum atomic E-state index is -3.61. The Kier molecular flexibility index (Phi) is 6.28. The Morgan fingerprint density at radius 3 is 2.19 bits per heavy atom. The molecule has 0 unspecified atom stereocenters. The number of amides is 2. The van der Waals surface area contributed by atoms with Crippen LogP contribution in [-0.2, 0) is 26.0 Å². The number of benzene rings is 1. The molecule has 1 heterocycles.